The number of halogens is 1. The minimum atomic E-state index is -0.905. The third kappa shape index (κ3) is 3.07. The lowest BCUT2D eigenvalue weighted by Gasteiger charge is -2.24. The second-order valence-corrected chi connectivity index (χ2v) is 4.94. The normalized spacial score (nSPS) is 21.2. The van der Waals surface area contributed by atoms with Crippen LogP contribution in [-0.4, -0.2) is 41.7 Å². The Morgan fingerprint density at radius 2 is 2.19 bits per heavy atom. The largest absolute Gasteiger partial charge is 0.494 e. The number of hydrogen-bond donors (Lipinski definition) is 2. The van der Waals surface area contributed by atoms with Gasteiger partial charge in [-0.05, 0) is 25.5 Å². The summed E-state index contributed by atoms with van der Waals surface area (Å²) < 4.78 is 18.1. The Hall–Kier alpha value is -2.31. The van der Waals surface area contributed by atoms with Crippen LogP contribution in [0.25, 0.3) is 0 Å². The van der Waals surface area contributed by atoms with Gasteiger partial charge in [-0.1, -0.05) is 0 Å². The zero-order chi connectivity index (χ0) is 15.6. The van der Waals surface area contributed by atoms with E-state index in [0.29, 0.717) is 18.7 Å². The van der Waals surface area contributed by atoms with E-state index in [4.69, 9.17) is 9.84 Å². The van der Waals surface area contributed by atoms with E-state index in [-0.39, 0.29) is 5.75 Å². The van der Waals surface area contributed by atoms with E-state index in [0.717, 1.165) is 0 Å². The summed E-state index contributed by atoms with van der Waals surface area (Å²) in [6.45, 7) is 2.07. The molecule has 7 heteroatoms. The maximum atomic E-state index is 13.1. The highest BCUT2D eigenvalue weighted by Crippen LogP contribution is 2.28. The van der Waals surface area contributed by atoms with Crippen LogP contribution in [0.5, 0.6) is 5.75 Å². The molecule has 0 saturated carbocycles. The number of carbonyl (C=O) groups excluding carboxylic acids is 1. The molecule has 2 amide bonds. The molecule has 6 nitrogen and oxygen atoms in total. The van der Waals surface area contributed by atoms with E-state index >= 15 is 0 Å². The first-order valence-electron chi connectivity index (χ1n) is 6.58. The number of hydrogen-bond acceptors (Lipinski definition) is 3. The molecule has 1 fully saturated rings. The SMILES string of the molecule is COc1cc(F)ccc1NC(=O)N1CCC(C(=O)O)C1C. The lowest BCUT2D eigenvalue weighted by molar-refractivity contribution is -0.142. The van der Waals surface area contributed by atoms with Crippen molar-refractivity contribution >= 4 is 17.7 Å². The van der Waals surface area contributed by atoms with Gasteiger partial charge >= 0.3 is 12.0 Å². The van der Waals surface area contributed by atoms with E-state index < -0.39 is 29.8 Å². The summed E-state index contributed by atoms with van der Waals surface area (Å²) in [6, 6.07) is 2.97. The van der Waals surface area contributed by atoms with Gasteiger partial charge in [-0.2, -0.15) is 0 Å². The average Bonchev–Trinajstić information content (AvgIpc) is 2.82. The maximum Gasteiger partial charge on any atom is 0.322 e. The van der Waals surface area contributed by atoms with Gasteiger partial charge in [-0.25, -0.2) is 9.18 Å². The standard InChI is InChI=1S/C14H17FN2O4/c1-8-10(13(18)19)5-6-17(8)14(20)16-11-4-3-9(15)7-12(11)21-2/h3-4,7-8,10H,5-6H2,1-2H3,(H,16,20)(H,18,19). The smallest absolute Gasteiger partial charge is 0.322 e. The van der Waals surface area contributed by atoms with Crippen LogP contribution in [0, 0.1) is 11.7 Å². The molecular formula is C14H17FN2O4. The monoisotopic (exact) mass is 296 g/mol. The number of amides is 2. The molecule has 21 heavy (non-hydrogen) atoms. The van der Waals surface area contributed by atoms with Gasteiger partial charge in [0.2, 0.25) is 0 Å². The summed E-state index contributed by atoms with van der Waals surface area (Å²) in [5.74, 6) is -1.72. The maximum absolute atomic E-state index is 13.1. The zero-order valence-corrected chi connectivity index (χ0v) is 11.8. The van der Waals surface area contributed by atoms with Crippen molar-refractivity contribution in [3.63, 3.8) is 0 Å². The minimum Gasteiger partial charge on any atom is -0.494 e. The molecule has 0 bridgehead atoms. The highest BCUT2D eigenvalue weighted by atomic mass is 19.1. The third-order valence-corrected chi connectivity index (χ3v) is 3.74. The van der Waals surface area contributed by atoms with Gasteiger partial charge in [0.1, 0.15) is 11.6 Å². The summed E-state index contributed by atoms with van der Waals surface area (Å²) in [7, 11) is 1.38. The van der Waals surface area contributed by atoms with Crippen LogP contribution in [0.3, 0.4) is 0 Å². The molecule has 114 valence electrons. The second-order valence-electron chi connectivity index (χ2n) is 4.94. The summed E-state index contributed by atoms with van der Waals surface area (Å²) in [5, 5.41) is 11.7. The Morgan fingerprint density at radius 1 is 1.48 bits per heavy atom. The highest BCUT2D eigenvalue weighted by molar-refractivity contribution is 5.92. The van der Waals surface area contributed by atoms with E-state index in [1.54, 1.807) is 6.92 Å². The fourth-order valence-corrected chi connectivity index (χ4v) is 2.51. The Labute approximate surface area is 121 Å². The molecule has 1 heterocycles. The number of urea groups is 1. The molecule has 1 aliphatic rings. The van der Waals surface area contributed by atoms with Crippen LogP contribution in [-0.2, 0) is 4.79 Å². The predicted molar refractivity (Wildman–Crippen MR) is 73.9 cm³/mol. The molecular weight excluding hydrogens is 279 g/mol. The molecule has 0 spiro atoms. The topological polar surface area (TPSA) is 78.9 Å². The Bertz CT molecular complexity index is 564. The number of carbonyl (C=O) groups is 2. The number of anilines is 1. The van der Waals surface area contributed by atoms with Crippen LogP contribution in [0.15, 0.2) is 18.2 Å². The summed E-state index contributed by atoms with van der Waals surface area (Å²) in [4.78, 5) is 24.7. The third-order valence-electron chi connectivity index (χ3n) is 3.74. The molecule has 1 aliphatic heterocycles. The number of nitrogens with zero attached hydrogens (tertiary/aromatic N) is 1. The summed E-state index contributed by atoms with van der Waals surface area (Å²) >= 11 is 0. The number of benzene rings is 1. The number of likely N-dealkylation sites (tertiary alicyclic amines) is 1. The Morgan fingerprint density at radius 3 is 2.76 bits per heavy atom. The fourth-order valence-electron chi connectivity index (χ4n) is 2.51. The van der Waals surface area contributed by atoms with Gasteiger partial charge in [0.15, 0.2) is 0 Å². The number of methoxy groups -OCH3 is 1. The van der Waals surface area contributed by atoms with E-state index in [1.165, 1.54) is 30.2 Å². The first-order valence-corrected chi connectivity index (χ1v) is 6.58. The number of carboxylic acids is 1. The van der Waals surface area contributed by atoms with Crippen molar-refractivity contribution in [3.8, 4) is 5.75 Å². The van der Waals surface area contributed by atoms with Crippen molar-refractivity contribution in [2.24, 2.45) is 5.92 Å². The molecule has 0 radical (unpaired) electrons. The van der Waals surface area contributed by atoms with Crippen LogP contribution in [0.4, 0.5) is 14.9 Å². The van der Waals surface area contributed by atoms with Crippen molar-refractivity contribution in [3.05, 3.63) is 24.0 Å². The van der Waals surface area contributed by atoms with Crippen molar-refractivity contribution in [1.29, 1.82) is 0 Å². The molecule has 2 unspecified atom stereocenters. The summed E-state index contributed by atoms with van der Waals surface area (Å²) in [5.41, 5.74) is 0.342. The minimum absolute atomic E-state index is 0.213. The molecule has 2 atom stereocenters. The zero-order valence-electron chi connectivity index (χ0n) is 11.8. The number of aliphatic carboxylic acids is 1. The molecule has 2 N–H and O–H groups in total. The second kappa shape index (κ2) is 5.99. The fraction of sp³-hybridized carbons (Fsp3) is 0.429. The molecule has 1 saturated heterocycles. The van der Waals surface area contributed by atoms with Crippen molar-refractivity contribution in [1.82, 2.24) is 4.90 Å². The van der Waals surface area contributed by atoms with Gasteiger partial charge in [0, 0.05) is 18.7 Å². The van der Waals surface area contributed by atoms with E-state index in [9.17, 15) is 14.0 Å². The van der Waals surface area contributed by atoms with Crippen LogP contribution in [0.2, 0.25) is 0 Å². The lowest BCUT2D eigenvalue weighted by atomic mass is 10.0. The lowest BCUT2D eigenvalue weighted by Crippen LogP contribution is -2.40. The average molecular weight is 296 g/mol. The molecule has 2 rings (SSSR count). The first kappa shape index (κ1) is 15.1. The molecule has 0 aromatic heterocycles. The molecule has 1 aromatic rings. The molecule has 1 aromatic carbocycles. The Kier molecular flexibility index (Phi) is 4.30. The van der Waals surface area contributed by atoms with Gasteiger partial charge in [0.05, 0.1) is 18.7 Å². The number of carboxylic acid groups (broad SMARTS) is 1. The number of rotatable bonds is 3. The van der Waals surface area contributed by atoms with Crippen LogP contribution in [0.1, 0.15) is 13.3 Å². The predicted octanol–water partition coefficient (Wildman–Crippen LogP) is 2.16. The number of nitrogens with one attached hydrogen (secondary N) is 1. The van der Waals surface area contributed by atoms with Gasteiger partial charge < -0.3 is 20.1 Å². The van der Waals surface area contributed by atoms with Crippen molar-refractivity contribution < 1.29 is 23.8 Å². The van der Waals surface area contributed by atoms with Crippen molar-refractivity contribution in [2.45, 2.75) is 19.4 Å². The quantitative estimate of drug-likeness (QED) is 0.896. The molecule has 0 aliphatic carbocycles. The summed E-state index contributed by atoms with van der Waals surface area (Å²) in [6.07, 6.45) is 0.421. The van der Waals surface area contributed by atoms with Crippen molar-refractivity contribution in [2.75, 3.05) is 19.0 Å². The van der Waals surface area contributed by atoms with Crippen LogP contribution >= 0.6 is 0 Å². The van der Waals surface area contributed by atoms with Crippen LogP contribution < -0.4 is 10.1 Å². The Balaban J connectivity index is 2.10. The van der Waals surface area contributed by atoms with Gasteiger partial charge in [-0.3, -0.25) is 4.79 Å². The first-order chi connectivity index (χ1) is 9.93. The highest BCUT2D eigenvalue weighted by Gasteiger charge is 2.38. The van der Waals surface area contributed by atoms with Gasteiger partial charge in [-0.15, -0.1) is 0 Å². The van der Waals surface area contributed by atoms with Gasteiger partial charge in [0.25, 0.3) is 0 Å². The van der Waals surface area contributed by atoms with E-state index in [2.05, 4.69) is 5.32 Å². The number of ether oxygens (including phenoxy) is 1. The van der Waals surface area contributed by atoms with E-state index in [1.807, 2.05) is 0 Å².